The molecule has 20 heavy (non-hydrogen) atoms. The largest absolute Gasteiger partial charge is 0.411 e. The third-order valence-electron chi connectivity index (χ3n) is 2.51. The van der Waals surface area contributed by atoms with Gasteiger partial charge in [0.05, 0.1) is 12.3 Å². The van der Waals surface area contributed by atoms with E-state index in [0.29, 0.717) is 5.01 Å². The monoisotopic (exact) mass is 310 g/mol. The molecule has 1 aromatic rings. The predicted molar refractivity (Wildman–Crippen MR) is 73.8 cm³/mol. The van der Waals surface area contributed by atoms with Crippen LogP contribution in [0.5, 0.6) is 0 Å². The van der Waals surface area contributed by atoms with Crippen LogP contribution in [0, 0.1) is 0 Å². The van der Waals surface area contributed by atoms with E-state index in [9.17, 15) is 13.2 Å². The zero-order valence-corrected chi connectivity index (χ0v) is 12.7. The molecule has 0 saturated heterocycles. The maximum absolute atomic E-state index is 12.0. The minimum atomic E-state index is -4.28. The minimum Gasteiger partial charge on any atom is -0.365 e. The fraction of sp³-hybridized carbons (Fsp3) is 0.769. The number of aryl methyl sites for hydroxylation is 1. The van der Waals surface area contributed by atoms with Gasteiger partial charge in [-0.05, 0) is 19.4 Å². The Balaban J connectivity index is 2.56. The first-order valence-corrected chi connectivity index (χ1v) is 7.60. The molecule has 0 radical (unpaired) electrons. The lowest BCUT2D eigenvalue weighted by atomic mass is 10.2. The van der Waals surface area contributed by atoms with Gasteiger partial charge in [-0.3, -0.25) is 0 Å². The van der Waals surface area contributed by atoms with Gasteiger partial charge in [-0.1, -0.05) is 20.3 Å². The molecule has 116 valence electrons. The number of rotatable bonds is 9. The van der Waals surface area contributed by atoms with Crippen LogP contribution in [0.25, 0.3) is 0 Å². The van der Waals surface area contributed by atoms with Crippen molar-refractivity contribution in [2.75, 3.05) is 13.2 Å². The number of hydrogen-bond acceptors (Lipinski definition) is 4. The molecule has 0 amide bonds. The summed E-state index contributed by atoms with van der Waals surface area (Å²) in [5.74, 6) is 0. The number of nitrogens with zero attached hydrogens (tertiary/aromatic N) is 1. The third kappa shape index (κ3) is 6.67. The van der Waals surface area contributed by atoms with Crippen molar-refractivity contribution in [3.8, 4) is 0 Å². The number of thiazole rings is 1. The van der Waals surface area contributed by atoms with Gasteiger partial charge >= 0.3 is 6.18 Å². The van der Waals surface area contributed by atoms with Crippen LogP contribution in [0.2, 0.25) is 0 Å². The molecule has 0 aliphatic rings. The van der Waals surface area contributed by atoms with Crippen LogP contribution in [-0.2, 0) is 24.3 Å². The molecule has 1 heterocycles. The van der Waals surface area contributed by atoms with Crippen LogP contribution in [0.15, 0.2) is 0 Å². The van der Waals surface area contributed by atoms with Gasteiger partial charge in [0.15, 0.2) is 0 Å². The molecule has 0 unspecified atom stereocenters. The standard InChI is InChI=1S/C13H21F3N2OS/c1-3-5-10-11(7-17-6-4-2)20-12(18-10)8-19-9-13(14,15)16/h17H,3-9H2,1-2H3. The summed E-state index contributed by atoms with van der Waals surface area (Å²) in [7, 11) is 0. The molecule has 1 rings (SSSR count). The Morgan fingerprint density at radius 3 is 2.60 bits per heavy atom. The van der Waals surface area contributed by atoms with Gasteiger partial charge in [0.1, 0.15) is 11.6 Å². The van der Waals surface area contributed by atoms with Crippen LogP contribution >= 0.6 is 11.3 Å². The van der Waals surface area contributed by atoms with Crippen LogP contribution in [-0.4, -0.2) is 24.3 Å². The summed E-state index contributed by atoms with van der Waals surface area (Å²) in [6.07, 6.45) is -1.43. The second-order valence-corrected chi connectivity index (χ2v) is 5.68. The fourth-order valence-corrected chi connectivity index (χ4v) is 2.72. The Bertz CT molecular complexity index is 393. The Morgan fingerprint density at radius 1 is 1.25 bits per heavy atom. The lowest BCUT2D eigenvalue weighted by molar-refractivity contribution is -0.176. The van der Waals surface area contributed by atoms with E-state index < -0.39 is 12.8 Å². The molecule has 0 aromatic carbocycles. The maximum atomic E-state index is 12.0. The molecule has 0 aliphatic heterocycles. The molecule has 3 nitrogen and oxygen atoms in total. The smallest absolute Gasteiger partial charge is 0.365 e. The Kier molecular flexibility index (Phi) is 7.47. The van der Waals surface area contributed by atoms with E-state index in [1.54, 1.807) is 0 Å². The van der Waals surface area contributed by atoms with E-state index in [2.05, 4.69) is 28.9 Å². The van der Waals surface area contributed by atoms with Gasteiger partial charge in [0, 0.05) is 11.4 Å². The molecule has 1 aromatic heterocycles. The lowest BCUT2D eigenvalue weighted by Gasteiger charge is -2.05. The van der Waals surface area contributed by atoms with E-state index in [1.807, 2.05) is 0 Å². The molecule has 0 bridgehead atoms. The van der Waals surface area contributed by atoms with E-state index in [1.165, 1.54) is 11.3 Å². The highest BCUT2D eigenvalue weighted by Gasteiger charge is 2.27. The predicted octanol–water partition coefficient (Wildman–Crippen LogP) is 3.67. The van der Waals surface area contributed by atoms with Crippen LogP contribution < -0.4 is 5.32 Å². The van der Waals surface area contributed by atoms with Crippen molar-refractivity contribution < 1.29 is 17.9 Å². The van der Waals surface area contributed by atoms with Gasteiger partial charge in [-0.15, -0.1) is 11.3 Å². The molecular weight excluding hydrogens is 289 g/mol. The van der Waals surface area contributed by atoms with Gasteiger partial charge in [0.25, 0.3) is 0 Å². The van der Waals surface area contributed by atoms with Crippen molar-refractivity contribution in [2.24, 2.45) is 0 Å². The minimum absolute atomic E-state index is 0.0747. The van der Waals surface area contributed by atoms with Crippen molar-refractivity contribution in [1.82, 2.24) is 10.3 Å². The molecule has 0 saturated carbocycles. The van der Waals surface area contributed by atoms with Crippen molar-refractivity contribution >= 4 is 11.3 Å². The highest BCUT2D eigenvalue weighted by Crippen LogP contribution is 2.22. The van der Waals surface area contributed by atoms with Crippen LogP contribution in [0.4, 0.5) is 13.2 Å². The van der Waals surface area contributed by atoms with Crippen molar-refractivity contribution in [2.45, 2.75) is 52.4 Å². The summed E-state index contributed by atoms with van der Waals surface area (Å²) in [6, 6.07) is 0. The number of halogens is 3. The summed E-state index contributed by atoms with van der Waals surface area (Å²) in [5, 5.41) is 3.91. The molecular formula is C13H21F3N2OS. The summed E-state index contributed by atoms with van der Waals surface area (Å²) >= 11 is 1.43. The molecule has 0 atom stereocenters. The first kappa shape index (κ1) is 17.4. The quantitative estimate of drug-likeness (QED) is 0.707. The number of hydrogen-bond donors (Lipinski definition) is 1. The summed E-state index contributed by atoms with van der Waals surface area (Å²) in [6.45, 7) is 4.49. The van der Waals surface area contributed by atoms with Gasteiger partial charge in [-0.2, -0.15) is 13.2 Å². The average molecular weight is 310 g/mol. The SMILES string of the molecule is CCCNCc1sc(COCC(F)(F)F)nc1CCC. The molecule has 7 heteroatoms. The van der Waals surface area contributed by atoms with Crippen LogP contribution in [0.3, 0.4) is 0 Å². The van der Waals surface area contributed by atoms with Crippen LogP contribution in [0.1, 0.15) is 42.3 Å². The number of aromatic nitrogens is 1. The zero-order valence-electron chi connectivity index (χ0n) is 11.8. The molecule has 0 fully saturated rings. The molecule has 0 spiro atoms. The molecule has 1 N–H and O–H groups in total. The van der Waals surface area contributed by atoms with E-state index >= 15 is 0 Å². The van der Waals surface area contributed by atoms with Crippen molar-refractivity contribution in [1.29, 1.82) is 0 Å². The lowest BCUT2D eigenvalue weighted by Crippen LogP contribution is -2.16. The number of alkyl halides is 3. The number of nitrogens with one attached hydrogen (secondary N) is 1. The maximum Gasteiger partial charge on any atom is 0.411 e. The summed E-state index contributed by atoms with van der Waals surface area (Å²) in [5.41, 5.74) is 0.978. The third-order valence-corrected chi connectivity index (χ3v) is 3.58. The van der Waals surface area contributed by atoms with E-state index in [4.69, 9.17) is 0 Å². The summed E-state index contributed by atoms with van der Waals surface area (Å²) in [4.78, 5) is 5.49. The van der Waals surface area contributed by atoms with E-state index in [-0.39, 0.29) is 6.61 Å². The highest BCUT2D eigenvalue weighted by molar-refractivity contribution is 7.11. The normalized spacial score (nSPS) is 12.1. The average Bonchev–Trinajstić information content (AvgIpc) is 2.71. The first-order valence-electron chi connectivity index (χ1n) is 6.79. The van der Waals surface area contributed by atoms with Gasteiger partial charge < -0.3 is 10.1 Å². The topological polar surface area (TPSA) is 34.1 Å². The van der Waals surface area contributed by atoms with E-state index in [0.717, 1.165) is 42.9 Å². The Morgan fingerprint density at radius 2 is 2.00 bits per heavy atom. The Labute approximate surface area is 121 Å². The second kappa shape index (κ2) is 8.59. The van der Waals surface area contributed by atoms with Gasteiger partial charge in [0.2, 0.25) is 0 Å². The molecule has 0 aliphatic carbocycles. The Hall–Kier alpha value is -0.660. The van der Waals surface area contributed by atoms with Gasteiger partial charge in [-0.25, -0.2) is 4.98 Å². The number of ether oxygens (including phenoxy) is 1. The highest BCUT2D eigenvalue weighted by atomic mass is 32.1. The first-order chi connectivity index (χ1) is 9.46. The van der Waals surface area contributed by atoms with Crippen molar-refractivity contribution in [3.05, 3.63) is 15.6 Å². The van der Waals surface area contributed by atoms with Crippen molar-refractivity contribution in [3.63, 3.8) is 0 Å². The second-order valence-electron chi connectivity index (χ2n) is 4.51. The zero-order chi connectivity index (χ0) is 15.0. The summed E-state index contributed by atoms with van der Waals surface area (Å²) < 4.78 is 40.7. The fourth-order valence-electron chi connectivity index (χ4n) is 1.70.